The topological polar surface area (TPSA) is 72.2 Å². The molecule has 1 aromatic carbocycles. The van der Waals surface area contributed by atoms with E-state index in [0.717, 1.165) is 19.3 Å². The summed E-state index contributed by atoms with van der Waals surface area (Å²) in [5, 5.41) is 0.601. The van der Waals surface area contributed by atoms with Crippen molar-refractivity contribution < 1.29 is 8.42 Å². The summed E-state index contributed by atoms with van der Waals surface area (Å²) in [6.07, 6.45) is 2.76. The van der Waals surface area contributed by atoms with Gasteiger partial charge in [0.1, 0.15) is 0 Å². The van der Waals surface area contributed by atoms with Crippen molar-refractivity contribution in [3.8, 4) is 0 Å². The van der Waals surface area contributed by atoms with Crippen molar-refractivity contribution >= 4 is 33.2 Å². The third-order valence-corrected chi connectivity index (χ3v) is 5.32. The van der Waals surface area contributed by atoms with Gasteiger partial charge >= 0.3 is 0 Å². The van der Waals surface area contributed by atoms with Crippen LogP contribution < -0.4 is 10.5 Å². The summed E-state index contributed by atoms with van der Waals surface area (Å²) < 4.78 is 27.3. The molecule has 2 unspecified atom stereocenters. The Labute approximate surface area is 123 Å². The van der Waals surface area contributed by atoms with E-state index in [0.29, 0.717) is 16.6 Å². The molecule has 4 nitrogen and oxygen atoms in total. The maximum atomic E-state index is 12.3. The first-order valence-corrected chi connectivity index (χ1v) is 8.35. The molecule has 2 rings (SSSR count). The zero-order valence-electron chi connectivity index (χ0n) is 10.3. The lowest BCUT2D eigenvalue weighted by Crippen LogP contribution is -2.39. The van der Waals surface area contributed by atoms with Gasteiger partial charge < -0.3 is 5.73 Å². The summed E-state index contributed by atoms with van der Waals surface area (Å²) >= 11 is 11.7. The summed E-state index contributed by atoms with van der Waals surface area (Å²) in [6.45, 7) is 0.490. The van der Waals surface area contributed by atoms with E-state index in [1.807, 2.05) is 0 Å². The van der Waals surface area contributed by atoms with Crippen molar-refractivity contribution in [2.45, 2.75) is 30.2 Å². The van der Waals surface area contributed by atoms with E-state index in [1.54, 1.807) is 0 Å². The molecule has 3 N–H and O–H groups in total. The van der Waals surface area contributed by atoms with Gasteiger partial charge in [0.25, 0.3) is 0 Å². The fourth-order valence-corrected chi connectivity index (χ4v) is 4.49. The number of hydrogen-bond acceptors (Lipinski definition) is 3. The van der Waals surface area contributed by atoms with E-state index in [1.165, 1.54) is 18.2 Å². The number of nitrogens with one attached hydrogen (secondary N) is 1. The van der Waals surface area contributed by atoms with Crippen molar-refractivity contribution in [3.05, 3.63) is 28.2 Å². The molecule has 1 aromatic rings. The minimum Gasteiger partial charge on any atom is -0.330 e. The van der Waals surface area contributed by atoms with Gasteiger partial charge in [-0.3, -0.25) is 0 Å². The van der Waals surface area contributed by atoms with Crippen LogP contribution in [-0.4, -0.2) is 21.0 Å². The summed E-state index contributed by atoms with van der Waals surface area (Å²) in [7, 11) is -3.61. The third kappa shape index (κ3) is 3.61. The Kier molecular flexibility index (Phi) is 4.74. The molecule has 0 heterocycles. The van der Waals surface area contributed by atoms with Crippen LogP contribution in [0.15, 0.2) is 23.1 Å². The average molecular weight is 323 g/mol. The van der Waals surface area contributed by atoms with Crippen LogP contribution >= 0.6 is 23.2 Å². The molecule has 0 saturated heterocycles. The normalized spacial score (nSPS) is 23.7. The minimum absolute atomic E-state index is 0.0904. The quantitative estimate of drug-likeness (QED) is 0.894. The first kappa shape index (κ1) is 15.1. The van der Waals surface area contributed by atoms with Gasteiger partial charge in [-0.05, 0) is 43.5 Å². The van der Waals surface area contributed by atoms with Gasteiger partial charge in [0.05, 0.1) is 4.90 Å². The van der Waals surface area contributed by atoms with Crippen LogP contribution in [0.2, 0.25) is 10.0 Å². The molecule has 19 heavy (non-hydrogen) atoms. The van der Waals surface area contributed by atoms with E-state index >= 15 is 0 Å². The SMILES string of the molecule is NCC1CCCC1NS(=O)(=O)c1cc(Cl)cc(Cl)c1. The largest absolute Gasteiger partial charge is 0.330 e. The minimum atomic E-state index is -3.61. The summed E-state index contributed by atoms with van der Waals surface area (Å²) in [5.74, 6) is 0.199. The molecule has 0 spiro atoms. The summed E-state index contributed by atoms with van der Waals surface area (Å²) in [4.78, 5) is 0.0904. The lowest BCUT2D eigenvalue weighted by atomic mass is 10.1. The van der Waals surface area contributed by atoms with Crippen LogP contribution in [0.3, 0.4) is 0 Å². The van der Waals surface area contributed by atoms with Crippen molar-refractivity contribution in [2.24, 2.45) is 11.7 Å². The van der Waals surface area contributed by atoms with Gasteiger partial charge in [-0.25, -0.2) is 13.1 Å². The number of hydrogen-bond donors (Lipinski definition) is 2. The van der Waals surface area contributed by atoms with Crippen molar-refractivity contribution in [1.82, 2.24) is 4.72 Å². The highest BCUT2D eigenvalue weighted by molar-refractivity contribution is 7.89. The van der Waals surface area contributed by atoms with Crippen LogP contribution in [0.1, 0.15) is 19.3 Å². The fourth-order valence-electron chi connectivity index (χ4n) is 2.43. The van der Waals surface area contributed by atoms with Crippen LogP contribution in [-0.2, 0) is 10.0 Å². The molecule has 7 heteroatoms. The molecule has 1 aliphatic carbocycles. The van der Waals surface area contributed by atoms with Gasteiger partial charge in [0, 0.05) is 16.1 Å². The van der Waals surface area contributed by atoms with Crippen molar-refractivity contribution in [1.29, 1.82) is 0 Å². The smallest absolute Gasteiger partial charge is 0.240 e. The highest BCUT2D eigenvalue weighted by Crippen LogP contribution is 2.27. The Morgan fingerprint density at radius 1 is 1.21 bits per heavy atom. The van der Waals surface area contributed by atoms with Crippen LogP contribution in [0.4, 0.5) is 0 Å². The zero-order chi connectivity index (χ0) is 14.0. The highest BCUT2D eigenvalue weighted by atomic mass is 35.5. The molecule has 0 aliphatic heterocycles. The Balaban J connectivity index is 2.22. The molecule has 106 valence electrons. The monoisotopic (exact) mass is 322 g/mol. The molecule has 0 amide bonds. The number of sulfonamides is 1. The number of rotatable bonds is 4. The average Bonchev–Trinajstić information content (AvgIpc) is 2.74. The van der Waals surface area contributed by atoms with Gasteiger partial charge in [-0.2, -0.15) is 0 Å². The maximum Gasteiger partial charge on any atom is 0.240 e. The Bertz CT molecular complexity index is 543. The first-order valence-electron chi connectivity index (χ1n) is 6.11. The Morgan fingerprint density at radius 3 is 2.42 bits per heavy atom. The second kappa shape index (κ2) is 5.97. The molecule has 0 aromatic heterocycles. The van der Waals surface area contributed by atoms with Gasteiger partial charge in [0.15, 0.2) is 0 Å². The molecular formula is C12H16Cl2N2O2S. The molecule has 1 saturated carbocycles. The van der Waals surface area contributed by atoms with E-state index in [2.05, 4.69) is 4.72 Å². The molecular weight excluding hydrogens is 307 g/mol. The van der Waals surface area contributed by atoms with Crippen molar-refractivity contribution in [2.75, 3.05) is 6.54 Å². The lowest BCUT2D eigenvalue weighted by molar-refractivity contribution is 0.453. The second-order valence-corrected chi connectivity index (χ2v) is 7.35. The van der Waals surface area contributed by atoms with Crippen LogP contribution in [0.5, 0.6) is 0 Å². The van der Waals surface area contributed by atoms with E-state index in [4.69, 9.17) is 28.9 Å². The van der Waals surface area contributed by atoms with Gasteiger partial charge in [-0.1, -0.05) is 29.6 Å². The van der Waals surface area contributed by atoms with Gasteiger partial charge in [0.2, 0.25) is 10.0 Å². The first-order chi connectivity index (χ1) is 8.92. The Morgan fingerprint density at radius 2 is 1.84 bits per heavy atom. The van der Waals surface area contributed by atoms with Crippen molar-refractivity contribution in [3.63, 3.8) is 0 Å². The number of benzene rings is 1. The highest BCUT2D eigenvalue weighted by Gasteiger charge is 2.30. The van der Waals surface area contributed by atoms with E-state index in [9.17, 15) is 8.42 Å². The van der Waals surface area contributed by atoms with E-state index in [-0.39, 0.29) is 16.9 Å². The molecule has 1 fully saturated rings. The summed E-state index contributed by atoms with van der Waals surface area (Å²) in [6, 6.07) is 4.18. The zero-order valence-corrected chi connectivity index (χ0v) is 12.6. The Hall–Kier alpha value is -0.330. The molecule has 1 aliphatic rings. The molecule has 2 atom stereocenters. The lowest BCUT2D eigenvalue weighted by Gasteiger charge is -2.19. The number of nitrogens with two attached hydrogens (primary N) is 1. The third-order valence-electron chi connectivity index (χ3n) is 3.41. The second-order valence-electron chi connectivity index (χ2n) is 4.76. The molecule has 0 radical (unpaired) electrons. The number of halogens is 2. The predicted octanol–water partition coefficient (Wildman–Crippen LogP) is 2.40. The predicted molar refractivity (Wildman–Crippen MR) is 77.0 cm³/mol. The van der Waals surface area contributed by atoms with E-state index < -0.39 is 10.0 Å². The standard InChI is InChI=1S/C12H16Cl2N2O2S/c13-9-4-10(14)6-11(5-9)19(17,18)16-12-3-1-2-8(12)7-15/h4-6,8,12,16H,1-3,7,15H2. The van der Waals surface area contributed by atoms with Gasteiger partial charge in [-0.15, -0.1) is 0 Å². The fraction of sp³-hybridized carbons (Fsp3) is 0.500. The van der Waals surface area contributed by atoms with Crippen LogP contribution in [0.25, 0.3) is 0 Å². The summed E-state index contributed by atoms with van der Waals surface area (Å²) in [5.41, 5.74) is 5.65. The molecule has 0 bridgehead atoms. The maximum absolute atomic E-state index is 12.3. The van der Waals surface area contributed by atoms with Crippen LogP contribution in [0, 0.1) is 5.92 Å².